The number of carbonyl (C=O) groups is 1. The maximum Gasteiger partial charge on any atom is 0.238 e. The average molecular weight is 230 g/mol. The number of rotatable bonds is 4. The summed E-state index contributed by atoms with van der Waals surface area (Å²) >= 11 is 1.81. The van der Waals surface area contributed by atoms with Crippen LogP contribution in [0.3, 0.4) is 0 Å². The van der Waals surface area contributed by atoms with Gasteiger partial charge in [0.15, 0.2) is 0 Å². The third-order valence-corrected chi connectivity index (χ3v) is 4.23. The summed E-state index contributed by atoms with van der Waals surface area (Å²) in [4.78, 5) is 11.7. The topological polar surface area (TPSA) is 61.4 Å². The minimum Gasteiger partial charge on any atom is -0.396 e. The molecular formula is C10H18N2O2S. The van der Waals surface area contributed by atoms with Gasteiger partial charge in [-0.3, -0.25) is 4.79 Å². The van der Waals surface area contributed by atoms with E-state index in [1.54, 1.807) is 0 Å². The van der Waals surface area contributed by atoms with Crippen LogP contribution in [0.1, 0.15) is 12.8 Å². The highest BCUT2D eigenvalue weighted by molar-refractivity contribution is 7.99. The Bertz CT molecular complexity index is 238. The summed E-state index contributed by atoms with van der Waals surface area (Å²) in [6.07, 6.45) is 2.08. The molecule has 5 heteroatoms. The van der Waals surface area contributed by atoms with Crippen LogP contribution in [0.25, 0.3) is 0 Å². The van der Waals surface area contributed by atoms with Crippen molar-refractivity contribution in [1.29, 1.82) is 0 Å². The number of hydrogen-bond donors (Lipinski definition) is 3. The molecule has 86 valence electrons. The molecule has 0 aromatic heterocycles. The fourth-order valence-electron chi connectivity index (χ4n) is 1.70. The third kappa shape index (κ3) is 2.86. The molecule has 1 atom stereocenters. The third-order valence-electron chi connectivity index (χ3n) is 3.17. The van der Waals surface area contributed by atoms with Crippen LogP contribution in [0.5, 0.6) is 0 Å². The SMILES string of the molecule is O=C(NCC1(CO)CC1)C1CSCCN1. The molecule has 1 saturated heterocycles. The van der Waals surface area contributed by atoms with Crippen molar-refractivity contribution in [3.63, 3.8) is 0 Å². The van der Waals surface area contributed by atoms with E-state index in [0.29, 0.717) is 6.54 Å². The number of aliphatic hydroxyl groups excluding tert-OH is 1. The summed E-state index contributed by atoms with van der Waals surface area (Å²) < 4.78 is 0. The van der Waals surface area contributed by atoms with Gasteiger partial charge in [0.1, 0.15) is 0 Å². The van der Waals surface area contributed by atoms with E-state index >= 15 is 0 Å². The highest BCUT2D eigenvalue weighted by Crippen LogP contribution is 2.44. The minimum atomic E-state index is -0.0433. The number of hydrogen-bond acceptors (Lipinski definition) is 4. The van der Waals surface area contributed by atoms with Crippen LogP contribution in [0.15, 0.2) is 0 Å². The zero-order valence-corrected chi connectivity index (χ0v) is 9.61. The molecule has 0 spiro atoms. The van der Waals surface area contributed by atoms with E-state index in [1.807, 2.05) is 11.8 Å². The summed E-state index contributed by atoms with van der Waals surface area (Å²) in [5.74, 6) is 2.03. The van der Waals surface area contributed by atoms with Crippen molar-refractivity contribution in [3.8, 4) is 0 Å². The first-order chi connectivity index (χ1) is 7.26. The monoisotopic (exact) mass is 230 g/mol. The molecule has 1 saturated carbocycles. The molecule has 4 nitrogen and oxygen atoms in total. The highest BCUT2D eigenvalue weighted by atomic mass is 32.2. The molecule has 1 aliphatic heterocycles. The second-order valence-electron chi connectivity index (χ2n) is 4.46. The van der Waals surface area contributed by atoms with Gasteiger partial charge in [-0.05, 0) is 12.8 Å². The van der Waals surface area contributed by atoms with E-state index in [2.05, 4.69) is 10.6 Å². The predicted octanol–water partition coefficient (Wildman–Crippen LogP) is -0.420. The molecular weight excluding hydrogens is 212 g/mol. The summed E-state index contributed by atoms with van der Waals surface area (Å²) in [7, 11) is 0. The standard InChI is InChI=1S/C10H18N2O2S/c13-7-10(1-2-10)6-12-9(14)8-5-15-4-3-11-8/h8,11,13H,1-7H2,(H,12,14). The number of carbonyl (C=O) groups excluding carboxylic acids is 1. The summed E-state index contributed by atoms with van der Waals surface area (Å²) in [6.45, 7) is 1.74. The van der Waals surface area contributed by atoms with Gasteiger partial charge in [-0.25, -0.2) is 0 Å². The highest BCUT2D eigenvalue weighted by Gasteiger charge is 2.42. The Hall–Kier alpha value is -0.260. The molecule has 2 rings (SSSR count). The molecule has 3 N–H and O–H groups in total. The smallest absolute Gasteiger partial charge is 0.238 e. The normalized spacial score (nSPS) is 28.5. The Kier molecular flexibility index (Phi) is 3.53. The van der Waals surface area contributed by atoms with Crippen LogP contribution in [0.4, 0.5) is 0 Å². The van der Waals surface area contributed by atoms with Crippen molar-refractivity contribution in [2.75, 3.05) is 31.2 Å². The van der Waals surface area contributed by atoms with Gasteiger partial charge >= 0.3 is 0 Å². The Morgan fingerprint density at radius 3 is 2.93 bits per heavy atom. The fraction of sp³-hybridized carbons (Fsp3) is 0.900. The predicted molar refractivity (Wildman–Crippen MR) is 60.9 cm³/mol. The van der Waals surface area contributed by atoms with Crippen LogP contribution in [-0.2, 0) is 4.79 Å². The van der Waals surface area contributed by atoms with E-state index in [1.165, 1.54) is 0 Å². The Balaban J connectivity index is 1.72. The first-order valence-corrected chi connectivity index (χ1v) is 6.61. The van der Waals surface area contributed by atoms with Crippen molar-refractivity contribution < 1.29 is 9.90 Å². The Morgan fingerprint density at radius 2 is 2.40 bits per heavy atom. The minimum absolute atomic E-state index is 0.0114. The Labute approximate surface area is 94.2 Å². The zero-order chi connectivity index (χ0) is 10.7. The van der Waals surface area contributed by atoms with Gasteiger partial charge in [-0.2, -0.15) is 11.8 Å². The van der Waals surface area contributed by atoms with Gasteiger partial charge in [-0.1, -0.05) is 0 Å². The van der Waals surface area contributed by atoms with Crippen LogP contribution >= 0.6 is 11.8 Å². The second-order valence-corrected chi connectivity index (χ2v) is 5.61. The summed E-state index contributed by atoms with van der Waals surface area (Å²) in [6, 6.07) is -0.0433. The Morgan fingerprint density at radius 1 is 1.60 bits per heavy atom. The summed E-state index contributed by atoms with van der Waals surface area (Å²) in [5, 5.41) is 15.2. The van der Waals surface area contributed by atoms with Gasteiger partial charge in [0.05, 0.1) is 12.6 Å². The lowest BCUT2D eigenvalue weighted by Gasteiger charge is -2.23. The zero-order valence-electron chi connectivity index (χ0n) is 8.79. The number of thioether (sulfide) groups is 1. The molecule has 1 unspecified atom stereocenters. The van der Waals surface area contributed by atoms with Gasteiger partial charge in [0, 0.05) is 30.0 Å². The fourth-order valence-corrected chi connectivity index (χ4v) is 2.63. The van der Waals surface area contributed by atoms with Gasteiger partial charge < -0.3 is 15.7 Å². The molecule has 2 fully saturated rings. The van der Waals surface area contributed by atoms with E-state index in [9.17, 15) is 4.79 Å². The van der Waals surface area contributed by atoms with Crippen molar-refractivity contribution >= 4 is 17.7 Å². The van der Waals surface area contributed by atoms with Gasteiger partial charge in [0.2, 0.25) is 5.91 Å². The molecule has 0 bridgehead atoms. The maximum atomic E-state index is 11.7. The van der Waals surface area contributed by atoms with Crippen LogP contribution < -0.4 is 10.6 Å². The summed E-state index contributed by atoms with van der Waals surface area (Å²) in [5.41, 5.74) is 0.0114. The molecule has 2 aliphatic rings. The van der Waals surface area contributed by atoms with Crippen molar-refractivity contribution in [2.24, 2.45) is 5.41 Å². The molecule has 0 radical (unpaired) electrons. The van der Waals surface area contributed by atoms with E-state index in [-0.39, 0.29) is 24.0 Å². The van der Waals surface area contributed by atoms with Crippen molar-refractivity contribution in [2.45, 2.75) is 18.9 Å². The number of amides is 1. The van der Waals surface area contributed by atoms with E-state index in [4.69, 9.17) is 5.11 Å². The van der Waals surface area contributed by atoms with E-state index in [0.717, 1.165) is 30.9 Å². The van der Waals surface area contributed by atoms with Gasteiger partial charge in [0.25, 0.3) is 0 Å². The largest absolute Gasteiger partial charge is 0.396 e. The van der Waals surface area contributed by atoms with Crippen LogP contribution in [0.2, 0.25) is 0 Å². The number of aliphatic hydroxyl groups is 1. The average Bonchev–Trinajstić information content (AvgIpc) is 3.08. The van der Waals surface area contributed by atoms with E-state index < -0.39 is 0 Å². The van der Waals surface area contributed by atoms with Crippen molar-refractivity contribution in [3.05, 3.63) is 0 Å². The quantitative estimate of drug-likeness (QED) is 0.614. The molecule has 1 aliphatic carbocycles. The lowest BCUT2D eigenvalue weighted by molar-refractivity contribution is -0.123. The maximum absolute atomic E-state index is 11.7. The van der Waals surface area contributed by atoms with Gasteiger partial charge in [-0.15, -0.1) is 0 Å². The van der Waals surface area contributed by atoms with Crippen molar-refractivity contribution in [1.82, 2.24) is 10.6 Å². The van der Waals surface area contributed by atoms with Crippen LogP contribution in [0, 0.1) is 5.41 Å². The molecule has 1 amide bonds. The first kappa shape index (κ1) is 11.2. The lowest BCUT2D eigenvalue weighted by Crippen LogP contribution is -2.50. The second kappa shape index (κ2) is 4.72. The molecule has 0 aromatic carbocycles. The van der Waals surface area contributed by atoms with Crippen LogP contribution in [-0.4, -0.2) is 48.3 Å². The first-order valence-electron chi connectivity index (χ1n) is 5.45. The molecule has 0 aromatic rings. The molecule has 1 heterocycles. The lowest BCUT2D eigenvalue weighted by atomic mass is 10.1. The number of nitrogens with one attached hydrogen (secondary N) is 2. The molecule has 15 heavy (non-hydrogen) atoms.